The van der Waals surface area contributed by atoms with Gasteiger partial charge < -0.3 is 15.2 Å². The van der Waals surface area contributed by atoms with Gasteiger partial charge in [-0.2, -0.15) is 0 Å². The third-order valence-electron chi connectivity index (χ3n) is 5.89. The Kier molecular flexibility index (Phi) is 5.28. The standard InChI is InChI=1S/C22H22ClFN2O4/c1-13(27)14-4-5-25-18(6-14)19(28)8-21-10-22(11-21,12-21)26-20(29)9-30-15-2-3-16(23)17(24)7-15/h2-7,13,27H,8-12H2,1H3,(H,26,29). The second-order valence-corrected chi connectivity index (χ2v) is 8.88. The first-order chi connectivity index (χ1) is 14.2. The second kappa shape index (κ2) is 7.63. The van der Waals surface area contributed by atoms with Crippen molar-refractivity contribution in [1.29, 1.82) is 0 Å². The van der Waals surface area contributed by atoms with Crippen molar-refractivity contribution < 1.29 is 23.8 Å². The lowest BCUT2D eigenvalue weighted by atomic mass is 9.38. The fraction of sp³-hybridized carbons (Fsp3) is 0.409. The minimum atomic E-state index is -0.653. The Morgan fingerprint density at radius 2 is 2.03 bits per heavy atom. The second-order valence-electron chi connectivity index (χ2n) is 8.47. The number of halogens is 2. The molecule has 8 heteroatoms. The van der Waals surface area contributed by atoms with E-state index in [1.54, 1.807) is 19.1 Å². The summed E-state index contributed by atoms with van der Waals surface area (Å²) in [5, 5.41) is 12.6. The quantitative estimate of drug-likeness (QED) is 0.622. The molecule has 2 N–H and O–H groups in total. The van der Waals surface area contributed by atoms with Crippen molar-refractivity contribution in [2.24, 2.45) is 5.41 Å². The number of rotatable bonds is 8. The van der Waals surface area contributed by atoms with Gasteiger partial charge in [0.25, 0.3) is 5.91 Å². The zero-order chi connectivity index (χ0) is 21.5. The third kappa shape index (κ3) is 4.04. The normalized spacial score (nSPS) is 24.9. The summed E-state index contributed by atoms with van der Waals surface area (Å²) >= 11 is 5.62. The summed E-state index contributed by atoms with van der Waals surface area (Å²) in [6.07, 6.45) is 3.47. The SMILES string of the molecule is CC(O)c1ccnc(C(=O)CC23CC(NC(=O)COc4ccc(Cl)c(F)c4)(C2)C3)c1. The van der Waals surface area contributed by atoms with Crippen LogP contribution < -0.4 is 10.1 Å². The van der Waals surface area contributed by atoms with E-state index in [0.717, 1.165) is 25.3 Å². The number of ether oxygens (including phenoxy) is 1. The highest BCUT2D eigenvalue weighted by Gasteiger charge is 2.68. The Bertz CT molecular complexity index is 991. The predicted molar refractivity (Wildman–Crippen MR) is 108 cm³/mol. The van der Waals surface area contributed by atoms with Crippen LogP contribution in [0.15, 0.2) is 36.5 Å². The zero-order valence-corrected chi connectivity index (χ0v) is 17.2. The maximum atomic E-state index is 13.4. The maximum Gasteiger partial charge on any atom is 0.258 e. The maximum absolute atomic E-state index is 13.4. The molecule has 1 unspecified atom stereocenters. The van der Waals surface area contributed by atoms with Crippen LogP contribution in [0, 0.1) is 11.2 Å². The smallest absolute Gasteiger partial charge is 0.258 e. The lowest BCUT2D eigenvalue weighted by molar-refractivity contribution is -0.164. The number of pyridine rings is 1. The van der Waals surface area contributed by atoms with E-state index in [1.807, 2.05) is 0 Å². The van der Waals surface area contributed by atoms with Crippen LogP contribution >= 0.6 is 11.6 Å². The van der Waals surface area contributed by atoms with Gasteiger partial charge in [0.2, 0.25) is 0 Å². The largest absolute Gasteiger partial charge is 0.484 e. The number of benzene rings is 1. The van der Waals surface area contributed by atoms with Gasteiger partial charge in [0.15, 0.2) is 12.4 Å². The number of ketones is 1. The summed E-state index contributed by atoms with van der Waals surface area (Å²) in [6, 6.07) is 7.33. The lowest BCUT2D eigenvalue weighted by Crippen LogP contribution is -2.75. The van der Waals surface area contributed by atoms with Gasteiger partial charge in [0.1, 0.15) is 17.3 Å². The van der Waals surface area contributed by atoms with Crippen LogP contribution in [-0.2, 0) is 4.79 Å². The Morgan fingerprint density at radius 1 is 1.30 bits per heavy atom. The van der Waals surface area contributed by atoms with Crippen molar-refractivity contribution in [3.05, 3.63) is 58.6 Å². The van der Waals surface area contributed by atoms with Gasteiger partial charge in [0, 0.05) is 24.2 Å². The highest BCUT2D eigenvalue weighted by atomic mass is 35.5. The first kappa shape index (κ1) is 20.8. The average Bonchev–Trinajstić information content (AvgIpc) is 2.66. The van der Waals surface area contributed by atoms with Crippen LogP contribution in [0.3, 0.4) is 0 Å². The van der Waals surface area contributed by atoms with Crippen LogP contribution in [0.5, 0.6) is 5.75 Å². The van der Waals surface area contributed by atoms with E-state index >= 15 is 0 Å². The van der Waals surface area contributed by atoms with Gasteiger partial charge in [-0.05, 0) is 61.4 Å². The summed E-state index contributed by atoms with van der Waals surface area (Å²) in [6.45, 7) is 1.43. The molecular weight excluding hydrogens is 411 g/mol. The number of hydrogen-bond donors (Lipinski definition) is 2. The molecular formula is C22H22ClFN2O4. The zero-order valence-electron chi connectivity index (χ0n) is 16.5. The van der Waals surface area contributed by atoms with Crippen LogP contribution in [0.4, 0.5) is 4.39 Å². The molecule has 6 nitrogen and oxygen atoms in total. The van der Waals surface area contributed by atoms with Crippen molar-refractivity contribution in [1.82, 2.24) is 10.3 Å². The lowest BCUT2D eigenvalue weighted by Gasteiger charge is -2.70. The minimum Gasteiger partial charge on any atom is -0.484 e. The van der Waals surface area contributed by atoms with Gasteiger partial charge in [-0.25, -0.2) is 4.39 Å². The molecule has 1 heterocycles. The molecule has 3 aliphatic rings. The van der Waals surface area contributed by atoms with Gasteiger partial charge >= 0.3 is 0 Å². The van der Waals surface area contributed by atoms with E-state index in [-0.39, 0.29) is 40.0 Å². The summed E-state index contributed by atoms with van der Waals surface area (Å²) in [4.78, 5) is 28.9. The monoisotopic (exact) mass is 432 g/mol. The van der Waals surface area contributed by atoms with E-state index < -0.39 is 11.9 Å². The third-order valence-corrected chi connectivity index (χ3v) is 6.20. The van der Waals surface area contributed by atoms with Gasteiger partial charge in [0.05, 0.1) is 11.1 Å². The van der Waals surface area contributed by atoms with Crippen molar-refractivity contribution in [3.63, 3.8) is 0 Å². The summed E-state index contributed by atoms with van der Waals surface area (Å²) in [7, 11) is 0. The minimum absolute atomic E-state index is 0.00619. The Morgan fingerprint density at radius 3 is 2.70 bits per heavy atom. The Balaban J connectivity index is 1.25. The molecule has 0 spiro atoms. The van der Waals surface area contributed by atoms with Crippen LogP contribution in [0.2, 0.25) is 5.02 Å². The number of aliphatic hydroxyl groups excluding tert-OH is 1. The van der Waals surface area contributed by atoms with Crippen LogP contribution in [0.25, 0.3) is 0 Å². The molecule has 3 fully saturated rings. The summed E-state index contributed by atoms with van der Waals surface area (Å²) in [5.41, 5.74) is 0.656. The number of aromatic nitrogens is 1. The Hall–Kier alpha value is -2.51. The van der Waals surface area contributed by atoms with Gasteiger partial charge in [-0.3, -0.25) is 14.6 Å². The van der Waals surface area contributed by atoms with Crippen LogP contribution in [-0.4, -0.2) is 33.9 Å². The molecule has 5 rings (SSSR count). The van der Waals surface area contributed by atoms with Gasteiger partial charge in [-0.1, -0.05) is 11.6 Å². The van der Waals surface area contributed by atoms with Gasteiger partial charge in [-0.15, -0.1) is 0 Å². The first-order valence-electron chi connectivity index (χ1n) is 9.75. The van der Waals surface area contributed by atoms with E-state index in [1.165, 1.54) is 18.3 Å². The fourth-order valence-corrected chi connectivity index (χ4v) is 4.77. The van der Waals surface area contributed by atoms with Crippen molar-refractivity contribution in [3.8, 4) is 5.75 Å². The topological polar surface area (TPSA) is 88.5 Å². The van der Waals surface area contributed by atoms with E-state index in [9.17, 15) is 19.1 Å². The molecule has 1 atom stereocenters. The molecule has 1 amide bonds. The number of amides is 1. The van der Waals surface area contributed by atoms with E-state index in [0.29, 0.717) is 17.7 Å². The molecule has 30 heavy (non-hydrogen) atoms. The number of carbonyl (C=O) groups excluding carboxylic acids is 2. The predicted octanol–water partition coefficient (Wildman–Crippen LogP) is 3.62. The first-order valence-corrected chi connectivity index (χ1v) is 10.1. The molecule has 0 aliphatic heterocycles. The molecule has 0 saturated heterocycles. The molecule has 2 bridgehead atoms. The Labute approximate surface area is 178 Å². The molecule has 1 aromatic carbocycles. The van der Waals surface area contributed by atoms with Crippen LogP contribution in [0.1, 0.15) is 54.8 Å². The number of nitrogens with zero attached hydrogens (tertiary/aromatic N) is 1. The highest BCUT2D eigenvalue weighted by Crippen LogP contribution is 2.69. The molecule has 3 saturated carbocycles. The fourth-order valence-electron chi connectivity index (χ4n) is 4.66. The van der Waals surface area contributed by atoms with E-state index in [4.69, 9.17) is 16.3 Å². The van der Waals surface area contributed by atoms with Crippen molar-refractivity contribution in [2.45, 2.75) is 44.2 Å². The molecule has 3 aliphatic carbocycles. The summed E-state index contributed by atoms with van der Waals surface area (Å²) < 4.78 is 18.7. The molecule has 1 aromatic heterocycles. The number of nitrogens with one attached hydrogen (secondary N) is 1. The number of aliphatic hydroxyl groups is 1. The van der Waals surface area contributed by atoms with E-state index in [2.05, 4.69) is 10.3 Å². The average molecular weight is 433 g/mol. The molecule has 2 aromatic rings. The molecule has 0 radical (unpaired) electrons. The number of Topliss-reactive ketones (excluding diaryl/α,β-unsaturated/α-hetero) is 1. The highest BCUT2D eigenvalue weighted by molar-refractivity contribution is 6.30. The summed E-state index contributed by atoms with van der Waals surface area (Å²) in [5.74, 6) is -0.700. The van der Waals surface area contributed by atoms with Crippen molar-refractivity contribution >= 4 is 23.3 Å². The molecule has 158 valence electrons. The number of carbonyl (C=O) groups is 2. The van der Waals surface area contributed by atoms with Crippen molar-refractivity contribution in [2.75, 3.05) is 6.61 Å². The number of hydrogen-bond acceptors (Lipinski definition) is 5.